The largest absolute Gasteiger partial charge is 0.208 e. The molecular weight excluding hydrogens is 755 g/mol. The topological polar surface area (TPSA) is 0 Å². The average Bonchev–Trinajstić information content (AvgIpc) is 3.09. The molecule has 6 heteroatoms. The first-order valence-electron chi connectivity index (χ1n) is 16.8. The van der Waals surface area contributed by atoms with Gasteiger partial charge in [-0.3, -0.25) is 0 Å². The molecule has 0 aliphatic rings. The third-order valence-electron chi connectivity index (χ3n) is 7.98. The van der Waals surface area contributed by atoms with Crippen molar-refractivity contribution in [1.29, 1.82) is 0 Å². The summed E-state index contributed by atoms with van der Waals surface area (Å²) in [5.74, 6) is 1.19. The van der Waals surface area contributed by atoms with Crippen molar-refractivity contribution < 1.29 is 20.4 Å². The molecular formula is C43H48BP3PdSi. The Kier molecular flexibility index (Phi) is 15.4. The van der Waals surface area contributed by atoms with Gasteiger partial charge >= 0.3 is 0 Å². The zero-order valence-corrected chi connectivity index (χ0v) is 34.8. The van der Waals surface area contributed by atoms with Crippen molar-refractivity contribution in [2.75, 3.05) is 20.0 Å². The van der Waals surface area contributed by atoms with E-state index >= 15 is 0 Å². The van der Waals surface area contributed by atoms with Crippen LogP contribution in [0.1, 0.15) is 0 Å². The maximum atomic E-state index is 2.53. The van der Waals surface area contributed by atoms with Gasteiger partial charge in [-0.25, -0.2) is 0 Å². The third-order valence-corrected chi connectivity index (χ3v) is 14.6. The number of benzene rings is 6. The fourth-order valence-corrected chi connectivity index (χ4v) is 12.8. The summed E-state index contributed by atoms with van der Waals surface area (Å²) in [6.45, 7) is 14.6. The van der Waals surface area contributed by atoms with Crippen LogP contribution in [0.3, 0.4) is 0 Å². The van der Waals surface area contributed by atoms with Crippen molar-refractivity contribution in [3.63, 3.8) is 0 Å². The minimum Gasteiger partial charge on any atom is -0.116 e. The molecule has 6 rings (SSSR count). The fraction of sp³-hybridized carbons (Fsp3) is 0.163. The molecule has 0 nitrogen and oxygen atoms in total. The molecule has 0 radical (unpaired) electrons. The molecule has 0 N–H and O–H groups in total. The van der Waals surface area contributed by atoms with Crippen LogP contribution in [-0.4, -0.2) is 34.8 Å². The zero-order valence-electron chi connectivity index (χ0n) is 29.6. The molecule has 0 fully saturated rings. The molecule has 0 heterocycles. The first kappa shape index (κ1) is 39.3. The Hall–Kier alpha value is -2.45. The molecule has 0 aliphatic carbocycles. The monoisotopic (exact) mass is 802 g/mol. The number of hydrogen-bond acceptors (Lipinski definition) is 0. The van der Waals surface area contributed by atoms with Gasteiger partial charge < -0.3 is 0 Å². The normalized spacial score (nSPS) is 11.1. The van der Waals surface area contributed by atoms with Crippen molar-refractivity contribution in [3.8, 4) is 0 Å². The smallest absolute Gasteiger partial charge is 0.116 e. The Labute approximate surface area is 315 Å². The molecule has 0 aromatic heterocycles. The van der Waals surface area contributed by atoms with Crippen molar-refractivity contribution in [3.05, 3.63) is 170 Å². The van der Waals surface area contributed by atoms with Crippen molar-refractivity contribution in [2.24, 2.45) is 0 Å². The van der Waals surface area contributed by atoms with Crippen LogP contribution in [0, 0.1) is 0 Å². The Morgan fingerprint density at radius 3 is 0.918 bits per heavy atom. The van der Waals surface area contributed by atoms with E-state index in [0.29, 0.717) is 14.6 Å². The van der Waals surface area contributed by atoms with Crippen LogP contribution in [0.5, 0.6) is 0 Å². The van der Waals surface area contributed by atoms with Crippen LogP contribution in [0.15, 0.2) is 170 Å². The summed E-state index contributed by atoms with van der Waals surface area (Å²) in [4.78, 5) is 0. The maximum absolute atomic E-state index is 2.53. The number of hydrogen-bond donors (Lipinski definition) is 0. The second-order valence-corrected chi connectivity index (χ2v) is 26.4. The van der Waals surface area contributed by atoms with Crippen LogP contribution in [-0.2, 0) is 20.4 Å². The Balaban J connectivity index is 0.00000103. The molecule has 6 aromatic carbocycles. The molecule has 0 saturated carbocycles. The molecule has 0 spiro atoms. The third kappa shape index (κ3) is 11.0. The van der Waals surface area contributed by atoms with E-state index in [1.54, 1.807) is 0 Å². The van der Waals surface area contributed by atoms with Gasteiger partial charge in [0.25, 0.3) is 0 Å². The summed E-state index contributed by atoms with van der Waals surface area (Å²) in [6, 6.07) is 63.4. The van der Waals surface area contributed by atoms with Crippen LogP contribution < -0.4 is 42.8 Å². The molecule has 0 aliphatic heterocycles. The molecule has 0 amide bonds. The SMILES string of the molecule is CP(C)C.C[Si](C)(C)CB(c1ccccc1P(c1ccccc1)c1ccccc1)c1ccccc1P(c1ccccc1)c1ccccc1.[Pd]. The van der Waals surface area contributed by atoms with Crippen LogP contribution in [0.4, 0.5) is 0 Å². The van der Waals surface area contributed by atoms with Crippen molar-refractivity contribution in [2.45, 2.75) is 25.6 Å². The van der Waals surface area contributed by atoms with Gasteiger partial charge in [0.2, 0.25) is 6.71 Å². The van der Waals surface area contributed by atoms with E-state index in [2.05, 4.69) is 209 Å². The van der Waals surface area contributed by atoms with E-state index in [1.807, 2.05) is 0 Å². The van der Waals surface area contributed by atoms with Crippen LogP contribution in [0.2, 0.25) is 25.6 Å². The van der Waals surface area contributed by atoms with Gasteiger partial charge in [0.05, 0.1) is 0 Å². The first-order valence-corrected chi connectivity index (χ1v) is 25.9. The molecule has 0 atom stereocenters. The van der Waals surface area contributed by atoms with Gasteiger partial charge in [-0.15, -0.1) is 7.92 Å². The molecule has 0 saturated heterocycles. The predicted molar refractivity (Wildman–Crippen MR) is 228 cm³/mol. The molecule has 0 bridgehead atoms. The molecule has 6 aromatic rings. The fourth-order valence-electron chi connectivity index (χ4n) is 6.13. The van der Waals surface area contributed by atoms with Gasteiger partial charge in [0.15, 0.2) is 0 Å². The molecule has 0 unspecified atom stereocenters. The minimum atomic E-state index is -1.50. The summed E-state index contributed by atoms with van der Waals surface area (Å²) in [5, 5.41) is 8.55. The predicted octanol–water partition coefficient (Wildman–Crippen LogP) is 8.04. The molecule has 49 heavy (non-hydrogen) atoms. The van der Waals surface area contributed by atoms with Gasteiger partial charge in [-0.2, -0.15) is 0 Å². The standard InChI is InChI=1S/C40H39BP2Si.C3H9P.Pd/c1-44(2,3)32-41(37-28-16-18-30-39(37)42(33-20-8-4-9-21-33)34-22-10-5-11-23-34)38-29-17-19-31-40(38)43(35-24-12-6-13-25-35)36-26-14-7-15-27-36;1-4(2)3;/h4-31H,32H2,1-3H3;1-3H3;. The van der Waals surface area contributed by atoms with Crippen molar-refractivity contribution >= 4 is 81.3 Å². The Bertz CT molecular complexity index is 1620. The van der Waals surface area contributed by atoms with E-state index < -0.39 is 23.9 Å². The zero-order chi connectivity index (χ0) is 33.9. The number of rotatable bonds is 10. The minimum absolute atomic E-state index is 0. The Morgan fingerprint density at radius 1 is 0.408 bits per heavy atom. The average molecular weight is 803 g/mol. The second-order valence-electron chi connectivity index (χ2n) is 13.8. The van der Waals surface area contributed by atoms with E-state index in [4.69, 9.17) is 0 Å². The summed E-state index contributed by atoms with van der Waals surface area (Å²) < 4.78 is 0. The summed E-state index contributed by atoms with van der Waals surface area (Å²) in [7, 11) is -2.57. The Morgan fingerprint density at radius 2 is 0.653 bits per heavy atom. The van der Waals surface area contributed by atoms with Crippen LogP contribution in [0.25, 0.3) is 0 Å². The van der Waals surface area contributed by atoms with Crippen LogP contribution >= 0.6 is 23.8 Å². The quantitative estimate of drug-likeness (QED) is 0.0973. The van der Waals surface area contributed by atoms with Gasteiger partial charge in [-0.05, 0) is 67.7 Å². The summed E-state index contributed by atoms with van der Waals surface area (Å²) in [5.41, 5.74) is 2.97. The van der Waals surface area contributed by atoms with E-state index in [1.165, 1.54) is 48.7 Å². The summed E-state index contributed by atoms with van der Waals surface area (Å²) in [6.07, 6.45) is 0. The van der Waals surface area contributed by atoms with Gasteiger partial charge in [0, 0.05) is 28.5 Å². The van der Waals surface area contributed by atoms with Crippen molar-refractivity contribution in [1.82, 2.24) is 0 Å². The summed E-state index contributed by atoms with van der Waals surface area (Å²) >= 11 is 0. The second kappa shape index (κ2) is 19.2. The van der Waals surface area contributed by atoms with Gasteiger partial charge in [0.1, 0.15) is 0 Å². The first-order chi connectivity index (χ1) is 23.2. The van der Waals surface area contributed by atoms with E-state index in [9.17, 15) is 0 Å². The molecule has 252 valence electrons. The van der Waals surface area contributed by atoms with Gasteiger partial charge in [-0.1, -0.05) is 206 Å². The maximum Gasteiger partial charge on any atom is 0.208 e. The van der Waals surface area contributed by atoms with E-state index in [0.717, 1.165) is 0 Å². The van der Waals surface area contributed by atoms with E-state index in [-0.39, 0.29) is 20.4 Å².